The van der Waals surface area contributed by atoms with Crippen molar-refractivity contribution in [3.8, 4) is 23.0 Å². The van der Waals surface area contributed by atoms with Crippen LogP contribution in [0, 0.1) is 5.82 Å². The molecule has 1 fully saturated rings. The number of benzene rings is 3. The van der Waals surface area contributed by atoms with Gasteiger partial charge in [0.2, 0.25) is 0 Å². The second-order valence-electron chi connectivity index (χ2n) is 9.89. The van der Waals surface area contributed by atoms with E-state index in [4.69, 9.17) is 18.9 Å². The second-order valence-corrected chi connectivity index (χ2v) is 9.89. The number of anilines is 2. The summed E-state index contributed by atoms with van der Waals surface area (Å²) in [6.07, 6.45) is -2.20. The minimum atomic E-state index is -4.56. The van der Waals surface area contributed by atoms with E-state index in [0.717, 1.165) is 57.5 Å². The first-order valence-corrected chi connectivity index (χ1v) is 13.8. The van der Waals surface area contributed by atoms with E-state index in [9.17, 15) is 18.0 Å². The number of hydrogen-bond donors (Lipinski definition) is 2. The highest BCUT2D eigenvalue weighted by Gasteiger charge is 2.30. The fourth-order valence-electron chi connectivity index (χ4n) is 4.63. The van der Waals surface area contributed by atoms with Gasteiger partial charge >= 0.3 is 12.2 Å². The average Bonchev–Trinajstić information content (AvgIpc) is 3.00. The molecular formula is C31H30F4N4O5. The lowest BCUT2D eigenvalue weighted by molar-refractivity contribution is -0.137. The van der Waals surface area contributed by atoms with E-state index < -0.39 is 23.6 Å². The summed E-state index contributed by atoms with van der Waals surface area (Å²) in [5.74, 6) is 0.405. The van der Waals surface area contributed by atoms with Crippen molar-refractivity contribution in [2.45, 2.75) is 12.6 Å². The monoisotopic (exact) mass is 614 g/mol. The van der Waals surface area contributed by atoms with Crippen molar-refractivity contribution >= 4 is 28.3 Å². The maximum Gasteiger partial charge on any atom is 0.416 e. The largest absolute Gasteiger partial charge is 0.493 e. The third kappa shape index (κ3) is 7.85. The molecule has 2 heterocycles. The van der Waals surface area contributed by atoms with E-state index in [-0.39, 0.29) is 17.1 Å². The fourth-order valence-corrected chi connectivity index (χ4v) is 4.63. The van der Waals surface area contributed by atoms with Gasteiger partial charge in [-0.3, -0.25) is 9.88 Å². The number of urea groups is 1. The zero-order valence-corrected chi connectivity index (χ0v) is 23.7. The molecule has 0 spiro atoms. The quantitative estimate of drug-likeness (QED) is 0.148. The summed E-state index contributed by atoms with van der Waals surface area (Å²) in [5, 5.41) is 5.26. The van der Waals surface area contributed by atoms with Crippen LogP contribution in [0.2, 0.25) is 0 Å². The molecule has 2 amide bonds. The standard InChI is InChI=1S/C31H30F4N4O5/c1-41-28-18-23-25(19-29(28)43-13-3-10-39-11-14-42-15-12-39)36-9-8-26(23)44-27-7-6-22(17-24(27)32)38-30(40)37-21-5-2-4-20(16-21)31(33,34)35/h2,4-9,16-19H,3,10-15H2,1H3,(H2,37,38,40). The van der Waals surface area contributed by atoms with Gasteiger partial charge in [0, 0.05) is 54.7 Å². The van der Waals surface area contributed by atoms with Gasteiger partial charge in [-0.25, -0.2) is 9.18 Å². The maximum atomic E-state index is 15.0. The number of methoxy groups -OCH3 is 1. The zero-order chi connectivity index (χ0) is 31.1. The molecule has 1 aromatic heterocycles. The molecule has 3 aromatic carbocycles. The summed E-state index contributed by atoms with van der Waals surface area (Å²) >= 11 is 0. The lowest BCUT2D eigenvalue weighted by Gasteiger charge is -2.26. The van der Waals surface area contributed by atoms with Crippen LogP contribution in [0.5, 0.6) is 23.0 Å². The maximum absolute atomic E-state index is 15.0. The molecule has 1 saturated heterocycles. The summed E-state index contributed by atoms with van der Waals surface area (Å²) < 4.78 is 76.6. The van der Waals surface area contributed by atoms with E-state index in [1.54, 1.807) is 18.2 Å². The Kier molecular flexibility index (Phi) is 9.65. The number of carbonyl (C=O) groups excluding carboxylic acids is 1. The molecule has 0 unspecified atom stereocenters. The topological polar surface area (TPSA) is 94.2 Å². The molecule has 232 valence electrons. The Morgan fingerprint density at radius 3 is 2.45 bits per heavy atom. The molecule has 0 saturated carbocycles. The molecule has 0 atom stereocenters. The fraction of sp³-hybridized carbons (Fsp3) is 0.290. The molecule has 1 aliphatic rings. The Morgan fingerprint density at radius 2 is 1.73 bits per heavy atom. The van der Waals surface area contributed by atoms with E-state index in [0.29, 0.717) is 34.8 Å². The molecule has 1 aliphatic heterocycles. The number of fused-ring (bicyclic) bond motifs is 1. The van der Waals surface area contributed by atoms with Crippen LogP contribution >= 0.6 is 0 Å². The van der Waals surface area contributed by atoms with Crippen LogP contribution < -0.4 is 24.8 Å². The van der Waals surface area contributed by atoms with Crippen LogP contribution in [-0.2, 0) is 10.9 Å². The molecule has 44 heavy (non-hydrogen) atoms. The van der Waals surface area contributed by atoms with E-state index in [1.165, 1.54) is 37.6 Å². The number of carbonyl (C=O) groups is 1. The number of rotatable bonds is 10. The van der Waals surface area contributed by atoms with Crippen molar-refractivity contribution in [2.24, 2.45) is 0 Å². The predicted octanol–water partition coefficient (Wildman–Crippen LogP) is 6.94. The third-order valence-electron chi connectivity index (χ3n) is 6.82. The van der Waals surface area contributed by atoms with Gasteiger partial charge in [-0.2, -0.15) is 13.2 Å². The predicted molar refractivity (Wildman–Crippen MR) is 156 cm³/mol. The number of halogens is 4. The van der Waals surface area contributed by atoms with Gasteiger partial charge < -0.3 is 29.6 Å². The highest BCUT2D eigenvalue weighted by Crippen LogP contribution is 2.38. The lowest BCUT2D eigenvalue weighted by Crippen LogP contribution is -2.37. The Morgan fingerprint density at radius 1 is 0.955 bits per heavy atom. The van der Waals surface area contributed by atoms with Crippen LogP contribution in [-0.4, -0.2) is 62.5 Å². The number of morpholine rings is 1. The molecule has 2 N–H and O–H groups in total. The van der Waals surface area contributed by atoms with Crippen molar-refractivity contribution in [3.63, 3.8) is 0 Å². The summed E-state index contributed by atoms with van der Waals surface area (Å²) in [7, 11) is 1.52. The average molecular weight is 615 g/mol. The van der Waals surface area contributed by atoms with E-state index in [2.05, 4.69) is 20.5 Å². The van der Waals surface area contributed by atoms with E-state index >= 15 is 4.39 Å². The van der Waals surface area contributed by atoms with Crippen molar-refractivity contribution in [3.05, 3.63) is 78.2 Å². The van der Waals surface area contributed by atoms with Crippen LogP contribution in [0.4, 0.5) is 33.7 Å². The number of hydrogen-bond acceptors (Lipinski definition) is 7. The number of alkyl halides is 3. The molecule has 0 bridgehead atoms. The molecule has 0 aliphatic carbocycles. The van der Waals surface area contributed by atoms with Crippen LogP contribution in [0.15, 0.2) is 66.9 Å². The van der Waals surface area contributed by atoms with Gasteiger partial charge in [0.05, 0.1) is 38.0 Å². The van der Waals surface area contributed by atoms with Crippen molar-refractivity contribution in [1.82, 2.24) is 9.88 Å². The van der Waals surface area contributed by atoms with Crippen molar-refractivity contribution in [2.75, 3.05) is 57.2 Å². The van der Waals surface area contributed by atoms with Crippen molar-refractivity contribution in [1.29, 1.82) is 0 Å². The van der Waals surface area contributed by atoms with Gasteiger partial charge in [0.1, 0.15) is 5.75 Å². The first kappa shape index (κ1) is 30.8. The van der Waals surface area contributed by atoms with Gasteiger partial charge in [0.15, 0.2) is 23.1 Å². The molecule has 5 rings (SSSR count). The normalized spacial score (nSPS) is 13.8. The van der Waals surface area contributed by atoms with Gasteiger partial charge in [-0.1, -0.05) is 6.07 Å². The Balaban J connectivity index is 1.23. The zero-order valence-electron chi connectivity index (χ0n) is 23.7. The number of aromatic nitrogens is 1. The van der Waals surface area contributed by atoms with Gasteiger partial charge in [-0.05, 0) is 48.9 Å². The Bertz CT molecular complexity index is 1610. The van der Waals surface area contributed by atoms with Gasteiger partial charge in [0.25, 0.3) is 0 Å². The molecule has 13 heteroatoms. The SMILES string of the molecule is COc1cc2c(Oc3ccc(NC(=O)Nc4cccc(C(F)(F)F)c4)cc3F)ccnc2cc1OCCCN1CCOCC1. The highest BCUT2D eigenvalue weighted by molar-refractivity contribution is 5.99. The summed E-state index contributed by atoms with van der Waals surface area (Å²) in [6.45, 7) is 4.68. The minimum Gasteiger partial charge on any atom is -0.493 e. The first-order valence-electron chi connectivity index (χ1n) is 13.8. The lowest BCUT2D eigenvalue weighted by atomic mass is 10.1. The number of pyridine rings is 1. The highest BCUT2D eigenvalue weighted by atomic mass is 19.4. The first-order chi connectivity index (χ1) is 21.2. The molecule has 4 aromatic rings. The second kappa shape index (κ2) is 13.8. The summed E-state index contributed by atoms with van der Waals surface area (Å²) in [6, 6.07) is 12.1. The Hall–Kier alpha value is -4.62. The molecule has 9 nitrogen and oxygen atoms in total. The van der Waals surface area contributed by atoms with Gasteiger partial charge in [-0.15, -0.1) is 0 Å². The molecule has 0 radical (unpaired) electrons. The van der Waals surface area contributed by atoms with Crippen LogP contribution in [0.1, 0.15) is 12.0 Å². The number of ether oxygens (including phenoxy) is 4. The Labute approximate surface area is 250 Å². The van der Waals surface area contributed by atoms with E-state index in [1.807, 2.05) is 0 Å². The smallest absolute Gasteiger partial charge is 0.416 e. The number of nitrogens with one attached hydrogen (secondary N) is 2. The van der Waals surface area contributed by atoms with Crippen LogP contribution in [0.25, 0.3) is 10.9 Å². The van der Waals surface area contributed by atoms with Crippen LogP contribution in [0.3, 0.4) is 0 Å². The number of nitrogens with zero attached hydrogens (tertiary/aromatic N) is 2. The third-order valence-corrected chi connectivity index (χ3v) is 6.82. The van der Waals surface area contributed by atoms with Crippen molar-refractivity contribution < 1.29 is 41.3 Å². The summed E-state index contributed by atoms with van der Waals surface area (Å²) in [4.78, 5) is 19.0. The minimum absolute atomic E-state index is 0.0657. The summed E-state index contributed by atoms with van der Waals surface area (Å²) in [5.41, 5.74) is -0.362. The molecular weight excluding hydrogens is 584 g/mol. The number of amides is 2.